The number of ether oxygens (including phenoxy) is 1. The lowest BCUT2D eigenvalue weighted by Crippen LogP contribution is -2.53. The molecule has 0 heterocycles. The molecule has 1 aromatic rings. The minimum absolute atomic E-state index is 0.122. The van der Waals surface area contributed by atoms with E-state index in [1.165, 1.54) is 12.1 Å². The minimum atomic E-state index is -0.836. The third kappa shape index (κ3) is 3.86. The van der Waals surface area contributed by atoms with Crippen LogP contribution in [0.1, 0.15) is 51.5 Å². The van der Waals surface area contributed by atoms with E-state index >= 15 is 0 Å². The van der Waals surface area contributed by atoms with Crippen molar-refractivity contribution < 1.29 is 14.2 Å². The van der Waals surface area contributed by atoms with Crippen molar-refractivity contribution >= 4 is 0 Å². The summed E-state index contributed by atoms with van der Waals surface area (Å²) in [5.41, 5.74) is 6.61. The van der Waals surface area contributed by atoms with E-state index in [0.29, 0.717) is 26.1 Å². The number of hydrogen-bond donors (Lipinski definition) is 2. The molecule has 3 nitrogen and oxygen atoms in total. The van der Waals surface area contributed by atoms with Crippen LogP contribution in [0.2, 0.25) is 0 Å². The maximum atomic E-state index is 13.2. The first-order valence-electron chi connectivity index (χ1n) is 8.21. The summed E-state index contributed by atoms with van der Waals surface area (Å²) in [5.74, 6) is -0.226. The molecule has 0 amide bonds. The summed E-state index contributed by atoms with van der Waals surface area (Å²) < 4.78 is 18.5. The van der Waals surface area contributed by atoms with Crippen LogP contribution in [0.15, 0.2) is 24.3 Å². The van der Waals surface area contributed by atoms with Crippen LogP contribution < -0.4 is 5.73 Å². The second kappa shape index (κ2) is 7.07. The highest BCUT2D eigenvalue weighted by Gasteiger charge is 2.45. The molecule has 2 rings (SSSR count). The van der Waals surface area contributed by atoms with Crippen molar-refractivity contribution in [1.29, 1.82) is 0 Å². The maximum Gasteiger partial charge on any atom is 0.123 e. The number of aliphatic hydroxyl groups is 1. The number of halogens is 1. The van der Waals surface area contributed by atoms with E-state index < -0.39 is 5.60 Å². The maximum absolute atomic E-state index is 13.2. The summed E-state index contributed by atoms with van der Waals surface area (Å²) in [6.45, 7) is 4.96. The zero-order valence-corrected chi connectivity index (χ0v) is 13.6. The van der Waals surface area contributed by atoms with Crippen LogP contribution in [0.3, 0.4) is 0 Å². The molecular weight excluding hydrogens is 281 g/mol. The first kappa shape index (κ1) is 17.4. The average Bonchev–Trinajstić information content (AvgIpc) is 2.39. The fourth-order valence-electron chi connectivity index (χ4n) is 3.42. The topological polar surface area (TPSA) is 55.5 Å². The summed E-state index contributed by atoms with van der Waals surface area (Å²) >= 11 is 0. The Labute approximate surface area is 132 Å². The third-order valence-electron chi connectivity index (χ3n) is 5.02. The van der Waals surface area contributed by atoms with Gasteiger partial charge < -0.3 is 15.6 Å². The van der Waals surface area contributed by atoms with Crippen LogP contribution >= 0.6 is 0 Å². The zero-order valence-electron chi connectivity index (χ0n) is 13.6. The first-order chi connectivity index (χ1) is 10.4. The molecule has 2 unspecified atom stereocenters. The fraction of sp³-hybridized carbons (Fsp3) is 0.667. The standard InChI is InChI=1S/C18H28FNO2/c1-3-22-12-11-17(2,21)13-16(20)18(9-4-10-18)14-5-7-15(19)8-6-14/h5-8,16,21H,3-4,9-13,20H2,1-2H3. The third-order valence-corrected chi connectivity index (χ3v) is 5.02. The molecule has 1 saturated carbocycles. The molecule has 0 spiro atoms. The van der Waals surface area contributed by atoms with E-state index in [0.717, 1.165) is 24.8 Å². The number of hydrogen-bond acceptors (Lipinski definition) is 3. The quantitative estimate of drug-likeness (QED) is 0.725. The van der Waals surface area contributed by atoms with Gasteiger partial charge in [0.25, 0.3) is 0 Å². The number of nitrogens with two attached hydrogens (primary N) is 1. The Morgan fingerprint density at radius 2 is 2.00 bits per heavy atom. The molecule has 3 N–H and O–H groups in total. The summed E-state index contributed by atoms with van der Waals surface area (Å²) in [5, 5.41) is 10.6. The summed E-state index contributed by atoms with van der Waals surface area (Å²) in [6, 6.07) is 6.53. The highest BCUT2D eigenvalue weighted by Crippen LogP contribution is 2.47. The Hall–Kier alpha value is -0.970. The van der Waals surface area contributed by atoms with Gasteiger partial charge in [0, 0.05) is 24.7 Å². The second-order valence-corrected chi connectivity index (χ2v) is 6.77. The zero-order chi connectivity index (χ0) is 16.2. The smallest absolute Gasteiger partial charge is 0.123 e. The summed E-state index contributed by atoms with van der Waals surface area (Å²) in [4.78, 5) is 0. The second-order valence-electron chi connectivity index (χ2n) is 6.77. The molecule has 0 radical (unpaired) electrons. The normalized spacial score (nSPS) is 21.0. The molecule has 4 heteroatoms. The van der Waals surface area contributed by atoms with E-state index in [4.69, 9.17) is 10.5 Å². The van der Waals surface area contributed by atoms with Crippen molar-refractivity contribution in [3.63, 3.8) is 0 Å². The van der Waals surface area contributed by atoms with Gasteiger partial charge in [0.15, 0.2) is 0 Å². The van der Waals surface area contributed by atoms with Gasteiger partial charge in [-0.25, -0.2) is 4.39 Å². The molecule has 1 aromatic carbocycles. The molecule has 2 atom stereocenters. The Kier molecular flexibility index (Phi) is 5.59. The van der Waals surface area contributed by atoms with Gasteiger partial charge in [0.1, 0.15) is 5.82 Å². The van der Waals surface area contributed by atoms with Gasteiger partial charge in [0.05, 0.1) is 5.60 Å². The summed E-state index contributed by atoms with van der Waals surface area (Å²) in [7, 11) is 0. The van der Waals surface area contributed by atoms with Gasteiger partial charge >= 0.3 is 0 Å². The van der Waals surface area contributed by atoms with Gasteiger partial charge in [0.2, 0.25) is 0 Å². The fourth-order valence-corrected chi connectivity index (χ4v) is 3.42. The molecule has 1 aliphatic carbocycles. The Morgan fingerprint density at radius 1 is 1.36 bits per heavy atom. The van der Waals surface area contributed by atoms with Crippen molar-refractivity contribution in [1.82, 2.24) is 0 Å². The molecular formula is C18H28FNO2. The van der Waals surface area contributed by atoms with Crippen molar-refractivity contribution in [3.05, 3.63) is 35.6 Å². The van der Waals surface area contributed by atoms with Gasteiger partial charge in [-0.2, -0.15) is 0 Å². The van der Waals surface area contributed by atoms with Gasteiger partial charge in [-0.3, -0.25) is 0 Å². The van der Waals surface area contributed by atoms with E-state index in [1.807, 2.05) is 26.0 Å². The largest absolute Gasteiger partial charge is 0.390 e. The van der Waals surface area contributed by atoms with E-state index in [2.05, 4.69) is 0 Å². The Morgan fingerprint density at radius 3 is 2.50 bits per heavy atom. The first-order valence-corrected chi connectivity index (χ1v) is 8.21. The highest BCUT2D eigenvalue weighted by atomic mass is 19.1. The predicted octanol–water partition coefficient (Wildman–Crippen LogP) is 3.14. The van der Waals surface area contributed by atoms with Crippen molar-refractivity contribution in [3.8, 4) is 0 Å². The molecule has 22 heavy (non-hydrogen) atoms. The lowest BCUT2D eigenvalue weighted by atomic mass is 9.58. The van der Waals surface area contributed by atoms with Gasteiger partial charge in [-0.15, -0.1) is 0 Å². The van der Waals surface area contributed by atoms with Gasteiger partial charge in [-0.1, -0.05) is 18.6 Å². The Balaban J connectivity index is 2.05. The lowest BCUT2D eigenvalue weighted by Gasteiger charge is -2.48. The monoisotopic (exact) mass is 309 g/mol. The van der Waals surface area contributed by atoms with E-state index in [-0.39, 0.29) is 17.3 Å². The molecule has 0 saturated heterocycles. The minimum Gasteiger partial charge on any atom is -0.390 e. The van der Waals surface area contributed by atoms with E-state index in [9.17, 15) is 9.50 Å². The molecule has 1 fully saturated rings. The van der Waals surface area contributed by atoms with Crippen LogP contribution in [-0.4, -0.2) is 30.0 Å². The highest BCUT2D eigenvalue weighted by molar-refractivity contribution is 5.31. The van der Waals surface area contributed by atoms with E-state index in [1.54, 1.807) is 0 Å². The van der Waals surface area contributed by atoms with Gasteiger partial charge in [-0.05, 0) is 57.2 Å². The van der Waals surface area contributed by atoms with Crippen molar-refractivity contribution in [2.45, 2.75) is 63.0 Å². The SMILES string of the molecule is CCOCCC(C)(O)CC(N)C1(c2ccc(F)cc2)CCC1. The Bertz CT molecular complexity index is 468. The summed E-state index contributed by atoms with van der Waals surface area (Å²) in [6.07, 6.45) is 4.24. The molecule has 0 bridgehead atoms. The number of rotatable bonds is 8. The van der Waals surface area contributed by atoms with Crippen LogP contribution in [-0.2, 0) is 10.2 Å². The van der Waals surface area contributed by atoms with Crippen molar-refractivity contribution in [2.75, 3.05) is 13.2 Å². The van der Waals surface area contributed by atoms with Crippen LogP contribution in [0.25, 0.3) is 0 Å². The van der Waals surface area contributed by atoms with Crippen LogP contribution in [0, 0.1) is 5.82 Å². The predicted molar refractivity (Wildman–Crippen MR) is 86.3 cm³/mol. The van der Waals surface area contributed by atoms with Crippen LogP contribution in [0.5, 0.6) is 0 Å². The molecule has 124 valence electrons. The molecule has 1 aliphatic rings. The van der Waals surface area contributed by atoms with Crippen LogP contribution in [0.4, 0.5) is 4.39 Å². The number of benzene rings is 1. The van der Waals surface area contributed by atoms with Crippen molar-refractivity contribution in [2.24, 2.45) is 5.73 Å². The lowest BCUT2D eigenvalue weighted by molar-refractivity contribution is -0.00679. The molecule has 0 aromatic heterocycles. The average molecular weight is 309 g/mol. The molecule has 0 aliphatic heterocycles.